The average Bonchev–Trinajstić information content (AvgIpc) is 3.18. The fourth-order valence-electron chi connectivity index (χ4n) is 3.49. The Bertz CT molecular complexity index is 1060. The van der Waals surface area contributed by atoms with Crippen molar-refractivity contribution in [1.29, 1.82) is 0 Å². The Hall–Kier alpha value is -2.44. The Morgan fingerprint density at radius 1 is 1.12 bits per heavy atom. The topological polar surface area (TPSA) is 71.5 Å². The second kappa shape index (κ2) is 9.20. The van der Waals surface area contributed by atoms with Gasteiger partial charge in [-0.3, -0.25) is 0 Å². The predicted molar refractivity (Wildman–Crippen MR) is 129 cm³/mol. The van der Waals surface area contributed by atoms with Crippen molar-refractivity contribution in [3.8, 4) is 21.8 Å². The molecular weight excluding hydrogens is 485 g/mol. The molecule has 1 fully saturated rings. The van der Waals surface area contributed by atoms with E-state index in [0.717, 1.165) is 27.0 Å². The fraction of sp³-hybridized carbons (Fsp3) is 0.391. The summed E-state index contributed by atoms with van der Waals surface area (Å²) in [6.45, 7) is 10.4. The summed E-state index contributed by atoms with van der Waals surface area (Å²) in [6, 6.07) is 10.3. The van der Waals surface area contributed by atoms with Crippen LogP contribution < -0.4 is 9.51 Å². The molecule has 0 N–H and O–H groups in total. The van der Waals surface area contributed by atoms with E-state index in [2.05, 4.69) is 62.9 Å². The van der Waals surface area contributed by atoms with E-state index in [1.807, 2.05) is 26.8 Å². The van der Waals surface area contributed by atoms with Crippen LogP contribution in [-0.4, -0.2) is 74.6 Å². The number of aryl methyl sites for hydroxylation is 1. The van der Waals surface area contributed by atoms with Gasteiger partial charge in [0.1, 0.15) is 5.60 Å². The Kier molecular flexibility index (Phi) is 6.54. The number of rotatable bonds is 3. The van der Waals surface area contributed by atoms with Crippen LogP contribution in [0.5, 0.6) is 0 Å². The maximum atomic E-state index is 12.4. The fourth-order valence-corrected chi connectivity index (χ4v) is 4.96. The van der Waals surface area contributed by atoms with E-state index in [4.69, 9.17) is 9.72 Å². The first-order valence-corrected chi connectivity index (χ1v) is 12.3. The summed E-state index contributed by atoms with van der Waals surface area (Å²) in [6.07, 6.45) is 1.52. The standard InChI is InChI=1S/C23H26AsN5O2S/c1-15-6-5-7-16(14-15)18-19(17-8-9-25-20(24)26-17)32-21(27-18)28-10-12-29(13-11-28)22(30)31-23(2,3)4/h5-9,14H,10-13H2,1-4H3. The molecule has 2 aromatic heterocycles. The van der Waals surface area contributed by atoms with E-state index in [0.29, 0.717) is 30.8 Å². The number of aromatic nitrogens is 3. The van der Waals surface area contributed by atoms with Gasteiger partial charge >= 0.3 is 175 Å². The normalized spacial score (nSPS) is 14.5. The number of piperazine rings is 1. The number of ether oxygens (including phenoxy) is 1. The van der Waals surface area contributed by atoms with Crippen molar-refractivity contribution in [1.82, 2.24) is 19.9 Å². The predicted octanol–water partition coefficient (Wildman–Crippen LogP) is 3.43. The molecule has 1 aliphatic heterocycles. The van der Waals surface area contributed by atoms with Crippen LogP contribution in [0.25, 0.3) is 21.8 Å². The number of nitrogens with zero attached hydrogens (tertiary/aromatic N) is 5. The van der Waals surface area contributed by atoms with Gasteiger partial charge < -0.3 is 0 Å². The molecule has 0 saturated carbocycles. The summed E-state index contributed by atoms with van der Waals surface area (Å²) < 4.78 is 6.19. The molecule has 32 heavy (non-hydrogen) atoms. The van der Waals surface area contributed by atoms with Gasteiger partial charge in [0.05, 0.1) is 0 Å². The van der Waals surface area contributed by atoms with Crippen LogP contribution in [0.1, 0.15) is 26.3 Å². The van der Waals surface area contributed by atoms with Crippen LogP contribution in [0, 0.1) is 6.92 Å². The minimum atomic E-state index is -0.491. The number of benzene rings is 1. The zero-order valence-corrected chi connectivity index (χ0v) is 21.4. The van der Waals surface area contributed by atoms with Gasteiger partial charge in [-0.25, -0.2) is 0 Å². The molecule has 0 bridgehead atoms. The Morgan fingerprint density at radius 2 is 1.88 bits per heavy atom. The average molecular weight is 511 g/mol. The summed E-state index contributed by atoms with van der Waals surface area (Å²) in [5.74, 6) is 0. The number of carbonyl (C=O) groups is 1. The first-order valence-electron chi connectivity index (χ1n) is 10.5. The van der Waals surface area contributed by atoms with Gasteiger partial charge in [0, 0.05) is 0 Å². The molecule has 0 atom stereocenters. The van der Waals surface area contributed by atoms with Crippen LogP contribution in [0.3, 0.4) is 0 Å². The molecule has 0 spiro atoms. The number of amides is 1. The van der Waals surface area contributed by atoms with E-state index in [1.165, 1.54) is 5.56 Å². The maximum absolute atomic E-state index is 12.4. The Labute approximate surface area is 201 Å². The van der Waals surface area contributed by atoms with Crippen molar-refractivity contribution in [2.24, 2.45) is 0 Å². The van der Waals surface area contributed by atoms with E-state index >= 15 is 0 Å². The van der Waals surface area contributed by atoms with Crippen molar-refractivity contribution in [3.05, 3.63) is 42.1 Å². The molecule has 1 aromatic carbocycles. The van der Waals surface area contributed by atoms with E-state index < -0.39 is 5.60 Å². The van der Waals surface area contributed by atoms with Crippen LogP contribution in [0.4, 0.5) is 9.93 Å². The number of anilines is 1. The third kappa shape index (κ3) is 5.30. The minimum absolute atomic E-state index is 0.257. The summed E-state index contributed by atoms with van der Waals surface area (Å²) >= 11 is 4.02. The molecular formula is C23H26AsN5O2S. The molecule has 0 unspecified atom stereocenters. The molecule has 4 rings (SSSR count). The monoisotopic (exact) mass is 511 g/mol. The van der Waals surface area contributed by atoms with Crippen molar-refractivity contribution in [3.63, 3.8) is 0 Å². The number of hydrogen-bond acceptors (Lipinski definition) is 7. The zero-order chi connectivity index (χ0) is 22.9. The van der Waals surface area contributed by atoms with Gasteiger partial charge in [0.25, 0.3) is 0 Å². The van der Waals surface area contributed by atoms with E-state index in [1.54, 1.807) is 22.4 Å². The quantitative estimate of drug-likeness (QED) is 0.502. The Balaban J connectivity index is 1.60. The molecule has 1 amide bonds. The number of carbonyl (C=O) groups excluding carboxylic acids is 1. The van der Waals surface area contributed by atoms with Crippen molar-refractivity contribution in [2.45, 2.75) is 33.3 Å². The first kappa shape index (κ1) is 22.7. The third-order valence-corrected chi connectivity index (χ3v) is 6.58. The molecule has 166 valence electrons. The molecule has 0 aliphatic carbocycles. The van der Waals surface area contributed by atoms with E-state index in [-0.39, 0.29) is 6.09 Å². The van der Waals surface area contributed by atoms with Gasteiger partial charge in [-0.15, -0.1) is 0 Å². The van der Waals surface area contributed by atoms with Crippen LogP contribution in [0.15, 0.2) is 36.5 Å². The molecule has 3 aromatic rings. The number of hydrogen-bond donors (Lipinski definition) is 0. The molecule has 3 heterocycles. The van der Waals surface area contributed by atoms with Gasteiger partial charge in [-0.1, -0.05) is 0 Å². The summed E-state index contributed by atoms with van der Waals surface area (Å²) in [5, 5.41) is 0.936. The van der Waals surface area contributed by atoms with Gasteiger partial charge in [0.15, 0.2) is 0 Å². The van der Waals surface area contributed by atoms with Gasteiger partial charge in [-0.2, -0.15) is 0 Å². The summed E-state index contributed by atoms with van der Waals surface area (Å²) in [4.78, 5) is 31.3. The van der Waals surface area contributed by atoms with Crippen LogP contribution >= 0.6 is 11.3 Å². The molecule has 9 heteroatoms. The second-order valence-corrected chi connectivity index (χ2v) is 10.6. The third-order valence-electron chi connectivity index (χ3n) is 4.98. The van der Waals surface area contributed by atoms with Crippen LogP contribution in [-0.2, 0) is 4.74 Å². The van der Waals surface area contributed by atoms with Crippen molar-refractivity contribution in [2.75, 3.05) is 31.1 Å². The second-order valence-electron chi connectivity index (χ2n) is 8.74. The zero-order valence-electron chi connectivity index (χ0n) is 18.7. The molecule has 7 nitrogen and oxygen atoms in total. The molecule has 1 aliphatic rings. The van der Waals surface area contributed by atoms with Gasteiger partial charge in [0.2, 0.25) is 0 Å². The molecule has 2 radical (unpaired) electrons. The van der Waals surface area contributed by atoms with E-state index in [9.17, 15) is 4.79 Å². The first-order chi connectivity index (χ1) is 15.2. The SMILES string of the molecule is Cc1cccc(-c2nc(N3CCN(C(=O)OC(C)(C)C)CC3)sc2-c2ccnc([As])n2)c1. The number of thiazole rings is 1. The van der Waals surface area contributed by atoms with Gasteiger partial charge in [-0.05, 0) is 20.8 Å². The summed E-state index contributed by atoms with van der Waals surface area (Å²) in [7, 11) is 0. The molecule has 1 saturated heterocycles. The van der Waals surface area contributed by atoms with Crippen LogP contribution in [0.2, 0.25) is 0 Å². The summed E-state index contributed by atoms with van der Waals surface area (Å²) in [5.41, 5.74) is 3.55. The van der Waals surface area contributed by atoms with Crippen molar-refractivity contribution < 1.29 is 9.53 Å². The van der Waals surface area contributed by atoms with Crippen molar-refractivity contribution >= 4 is 44.0 Å². The Morgan fingerprint density at radius 3 is 2.53 bits per heavy atom.